The van der Waals surface area contributed by atoms with Crippen molar-refractivity contribution in [3.8, 4) is 0 Å². The number of carbonyl (C=O) groups is 2. The Kier molecular flexibility index (Phi) is 5.51. The average Bonchev–Trinajstić information content (AvgIpc) is 3.45. The van der Waals surface area contributed by atoms with Crippen molar-refractivity contribution in [1.29, 1.82) is 0 Å². The standard InChI is InChI=1S/C18H24N4O4/c1-12(17(23)19-15-4-6-16(7-5-15)22(25)26)21-10-8-13(9-11-21)18(24)20-14-2-3-14/h4-7,12-14H,2-3,8-11H2,1H3,(H,19,23)(H,20,24). The highest BCUT2D eigenvalue weighted by atomic mass is 16.6. The van der Waals surface area contributed by atoms with E-state index in [1.807, 2.05) is 6.92 Å². The molecule has 140 valence electrons. The predicted molar refractivity (Wildman–Crippen MR) is 96.6 cm³/mol. The second-order valence-corrected chi connectivity index (χ2v) is 7.06. The molecule has 2 N–H and O–H groups in total. The number of amides is 2. The molecular weight excluding hydrogens is 336 g/mol. The van der Waals surface area contributed by atoms with Gasteiger partial charge in [-0.25, -0.2) is 0 Å². The van der Waals surface area contributed by atoms with Crippen molar-refractivity contribution in [3.63, 3.8) is 0 Å². The Labute approximate surface area is 152 Å². The summed E-state index contributed by atoms with van der Waals surface area (Å²) in [5.74, 6) is 0.0339. The van der Waals surface area contributed by atoms with Crippen LogP contribution in [0.4, 0.5) is 11.4 Å². The van der Waals surface area contributed by atoms with Gasteiger partial charge < -0.3 is 10.6 Å². The smallest absolute Gasteiger partial charge is 0.269 e. The first kappa shape index (κ1) is 18.3. The van der Waals surface area contributed by atoms with Gasteiger partial charge in [0.25, 0.3) is 5.69 Å². The number of piperidine rings is 1. The second kappa shape index (κ2) is 7.82. The van der Waals surface area contributed by atoms with E-state index in [1.54, 1.807) is 0 Å². The zero-order chi connectivity index (χ0) is 18.7. The molecule has 1 unspecified atom stereocenters. The summed E-state index contributed by atoms with van der Waals surface area (Å²) >= 11 is 0. The number of likely N-dealkylation sites (tertiary alicyclic amines) is 1. The topological polar surface area (TPSA) is 105 Å². The molecule has 0 radical (unpaired) electrons. The number of nitrogens with one attached hydrogen (secondary N) is 2. The fourth-order valence-corrected chi connectivity index (χ4v) is 3.17. The quantitative estimate of drug-likeness (QED) is 0.596. The van der Waals surface area contributed by atoms with Gasteiger partial charge in [0.2, 0.25) is 11.8 Å². The summed E-state index contributed by atoms with van der Waals surface area (Å²) in [7, 11) is 0. The summed E-state index contributed by atoms with van der Waals surface area (Å²) < 4.78 is 0. The average molecular weight is 360 g/mol. The molecule has 1 aliphatic heterocycles. The third-order valence-corrected chi connectivity index (χ3v) is 5.10. The minimum Gasteiger partial charge on any atom is -0.353 e. The van der Waals surface area contributed by atoms with E-state index < -0.39 is 4.92 Å². The predicted octanol–water partition coefficient (Wildman–Crippen LogP) is 1.91. The number of non-ortho nitro benzene ring substituents is 1. The summed E-state index contributed by atoms with van der Waals surface area (Å²) in [5.41, 5.74) is 0.522. The summed E-state index contributed by atoms with van der Waals surface area (Å²) in [6.45, 7) is 3.25. The van der Waals surface area contributed by atoms with Crippen molar-refractivity contribution in [2.24, 2.45) is 5.92 Å². The number of nitro groups is 1. The molecule has 8 heteroatoms. The van der Waals surface area contributed by atoms with Crippen LogP contribution in [0.3, 0.4) is 0 Å². The molecule has 0 spiro atoms. The third kappa shape index (κ3) is 4.57. The van der Waals surface area contributed by atoms with Crippen molar-refractivity contribution in [2.75, 3.05) is 18.4 Å². The summed E-state index contributed by atoms with van der Waals surface area (Å²) in [6.07, 6.45) is 3.69. The molecular formula is C18H24N4O4. The lowest BCUT2D eigenvalue weighted by atomic mass is 9.95. The molecule has 2 amide bonds. The van der Waals surface area contributed by atoms with E-state index >= 15 is 0 Å². The molecule has 2 fully saturated rings. The van der Waals surface area contributed by atoms with Crippen LogP contribution in [0.5, 0.6) is 0 Å². The van der Waals surface area contributed by atoms with Crippen molar-refractivity contribution in [2.45, 2.75) is 44.7 Å². The first-order chi connectivity index (χ1) is 12.4. The number of carbonyl (C=O) groups excluding carboxylic acids is 2. The van der Waals surface area contributed by atoms with Gasteiger partial charge >= 0.3 is 0 Å². The number of benzene rings is 1. The Morgan fingerprint density at radius 2 is 1.77 bits per heavy atom. The molecule has 1 atom stereocenters. The van der Waals surface area contributed by atoms with E-state index in [-0.39, 0.29) is 29.5 Å². The maximum atomic E-state index is 12.4. The number of nitrogens with zero attached hydrogens (tertiary/aromatic N) is 2. The molecule has 1 heterocycles. The van der Waals surface area contributed by atoms with E-state index in [0.717, 1.165) is 25.7 Å². The minimum atomic E-state index is -0.474. The van der Waals surface area contributed by atoms with Crippen LogP contribution < -0.4 is 10.6 Å². The van der Waals surface area contributed by atoms with Crippen LogP contribution in [-0.4, -0.2) is 46.8 Å². The van der Waals surface area contributed by atoms with Crippen LogP contribution in [0, 0.1) is 16.0 Å². The molecule has 3 rings (SSSR count). The van der Waals surface area contributed by atoms with Gasteiger partial charge in [0.1, 0.15) is 0 Å². The van der Waals surface area contributed by atoms with Crippen LogP contribution in [0.1, 0.15) is 32.6 Å². The summed E-state index contributed by atoms with van der Waals surface area (Å²) in [5, 5.41) is 16.5. The van der Waals surface area contributed by atoms with Crippen LogP contribution in [0.15, 0.2) is 24.3 Å². The first-order valence-corrected chi connectivity index (χ1v) is 9.04. The number of nitro benzene ring substituents is 1. The van der Waals surface area contributed by atoms with Gasteiger partial charge in [-0.05, 0) is 57.8 Å². The van der Waals surface area contributed by atoms with Crippen molar-refractivity contribution in [3.05, 3.63) is 34.4 Å². The number of hydrogen-bond acceptors (Lipinski definition) is 5. The lowest BCUT2D eigenvalue weighted by Crippen LogP contribution is -2.48. The Bertz CT molecular complexity index is 679. The molecule has 1 aromatic rings. The zero-order valence-electron chi connectivity index (χ0n) is 14.8. The van der Waals surface area contributed by atoms with E-state index in [0.29, 0.717) is 24.8 Å². The fraction of sp³-hybridized carbons (Fsp3) is 0.556. The third-order valence-electron chi connectivity index (χ3n) is 5.10. The summed E-state index contributed by atoms with van der Waals surface area (Å²) in [6, 6.07) is 5.84. The second-order valence-electron chi connectivity index (χ2n) is 7.06. The highest BCUT2D eigenvalue weighted by Crippen LogP contribution is 2.24. The Hall–Kier alpha value is -2.48. The van der Waals surface area contributed by atoms with Gasteiger partial charge in [-0.3, -0.25) is 24.6 Å². The Balaban J connectivity index is 1.47. The highest BCUT2D eigenvalue weighted by molar-refractivity contribution is 5.94. The molecule has 1 aromatic carbocycles. The molecule has 0 bridgehead atoms. The largest absolute Gasteiger partial charge is 0.353 e. The fourth-order valence-electron chi connectivity index (χ4n) is 3.17. The normalized spacial score (nSPS) is 19.6. The maximum Gasteiger partial charge on any atom is 0.269 e. The highest BCUT2D eigenvalue weighted by Gasteiger charge is 2.32. The molecule has 26 heavy (non-hydrogen) atoms. The molecule has 1 saturated carbocycles. The molecule has 1 saturated heterocycles. The van der Waals surface area contributed by atoms with E-state index in [4.69, 9.17) is 0 Å². The first-order valence-electron chi connectivity index (χ1n) is 9.04. The van der Waals surface area contributed by atoms with Crippen LogP contribution in [0.25, 0.3) is 0 Å². The van der Waals surface area contributed by atoms with Crippen LogP contribution >= 0.6 is 0 Å². The van der Waals surface area contributed by atoms with Gasteiger partial charge in [0.15, 0.2) is 0 Å². The van der Waals surface area contributed by atoms with Crippen molar-refractivity contribution < 1.29 is 14.5 Å². The SMILES string of the molecule is CC(C(=O)Nc1ccc([N+](=O)[O-])cc1)N1CCC(C(=O)NC2CC2)CC1. The van der Waals surface area contributed by atoms with Gasteiger partial charge in [0.05, 0.1) is 11.0 Å². The lowest BCUT2D eigenvalue weighted by Gasteiger charge is -2.34. The number of anilines is 1. The molecule has 1 aliphatic carbocycles. The Morgan fingerprint density at radius 1 is 1.15 bits per heavy atom. The van der Waals surface area contributed by atoms with Crippen LogP contribution in [-0.2, 0) is 9.59 Å². The van der Waals surface area contributed by atoms with Gasteiger partial charge in [-0.15, -0.1) is 0 Å². The number of hydrogen-bond donors (Lipinski definition) is 2. The Morgan fingerprint density at radius 3 is 2.31 bits per heavy atom. The number of rotatable bonds is 6. The molecule has 0 aromatic heterocycles. The minimum absolute atomic E-state index is 0.0115. The van der Waals surface area contributed by atoms with E-state index in [9.17, 15) is 19.7 Å². The lowest BCUT2D eigenvalue weighted by molar-refractivity contribution is -0.384. The van der Waals surface area contributed by atoms with Gasteiger partial charge in [0, 0.05) is 29.8 Å². The summed E-state index contributed by atoms with van der Waals surface area (Å²) in [4.78, 5) is 36.8. The van der Waals surface area contributed by atoms with Gasteiger partial charge in [-0.2, -0.15) is 0 Å². The van der Waals surface area contributed by atoms with Gasteiger partial charge in [-0.1, -0.05) is 0 Å². The van der Waals surface area contributed by atoms with Crippen molar-refractivity contribution >= 4 is 23.2 Å². The molecule has 8 nitrogen and oxygen atoms in total. The van der Waals surface area contributed by atoms with E-state index in [1.165, 1.54) is 24.3 Å². The maximum absolute atomic E-state index is 12.4. The molecule has 2 aliphatic rings. The monoisotopic (exact) mass is 360 g/mol. The van der Waals surface area contributed by atoms with Crippen LogP contribution in [0.2, 0.25) is 0 Å². The van der Waals surface area contributed by atoms with Crippen molar-refractivity contribution in [1.82, 2.24) is 10.2 Å². The van der Waals surface area contributed by atoms with E-state index in [2.05, 4.69) is 15.5 Å². The zero-order valence-corrected chi connectivity index (χ0v) is 14.8.